The Balaban J connectivity index is 1.51. The molecule has 0 bridgehead atoms. The number of benzene rings is 3. The molecule has 0 spiro atoms. The Hall–Kier alpha value is -4.37. The highest BCUT2D eigenvalue weighted by molar-refractivity contribution is 5.88. The highest BCUT2D eigenvalue weighted by Crippen LogP contribution is 2.35. The second-order valence-corrected chi connectivity index (χ2v) is 10.4. The van der Waals surface area contributed by atoms with Gasteiger partial charge in [0.25, 0.3) is 0 Å². The summed E-state index contributed by atoms with van der Waals surface area (Å²) in [6, 6.07) is 23.6. The maximum Gasteiger partial charge on any atom is 0.336 e. The Morgan fingerprint density at radius 3 is 1.95 bits per heavy atom. The van der Waals surface area contributed by atoms with E-state index in [4.69, 9.17) is 19.5 Å². The molecule has 1 atom stereocenters. The Labute approximate surface area is 230 Å². The van der Waals surface area contributed by atoms with Gasteiger partial charge in [-0.05, 0) is 84.3 Å². The first kappa shape index (κ1) is 29.2. The number of carbonyl (C=O) groups is 2. The monoisotopic (exact) mass is 525 g/mol. The van der Waals surface area contributed by atoms with Gasteiger partial charge in [0.15, 0.2) is 0 Å². The van der Waals surface area contributed by atoms with Gasteiger partial charge in [0.05, 0.1) is 17.0 Å². The lowest BCUT2D eigenvalue weighted by atomic mass is 9.73. The minimum Gasteiger partial charge on any atom is -0.457 e. The highest BCUT2D eigenvalue weighted by atomic mass is 16.7. The molecular weight excluding hydrogens is 490 g/mol. The number of hydrogen-bond donors (Lipinski definition) is 0. The summed E-state index contributed by atoms with van der Waals surface area (Å²) in [6.07, 6.45) is 3.74. The van der Waals surface area contributed by atoms with Crippen LogP contribution in [0.1, 0.15) is 52.2 Å². The van der Waals surface area contributed by atoms with E-state index in [1.54, 1.807) is 42.5 Å². The van der Waals surface area contributed by atoms with E-state index in [9.17, 15) is 9.59 Å². The first-order valence-electron chi connectivity index (χ1n) is 13.0. The van der Waals surface area contributed by atoms with Crippen molar-refractivity contribution in [3.8, 4) is 28.7 Å². The number of ether oxygens (including phenoxy) is 3. The van der Waals surface area contributed by atoms with Crippen molar-refractivity contribution in [3.63, 3.8) is 0 Å². The van der Waals surface area contributed by atoms with Gasteiger partial charge >= 0.3 is 11.9 Å². The number of hydrogen-bond acceptors (Lipinski definition) is 6. The fourth-order valence-electron chi connectivity index (χ4n) is 4.16. The van der Waals surface area contributed by atoms with Crippen LogP contribution in [0.2, 0.25) is 0 Å². The number of nitrogens with zero attached hydrogens (tertiary/aromatic N) is 1. The van der Waals surface area contributed by atoms with Crippen molar-refractivity contribution < 1.29 is 23.8 Å². The molecule has 0 N–H and O–H groups in total. The summed E-state index contributed by atoms with van der Waals surface area (Å²) in [5, 5.41) is 8.86. The molecule has 202 valence electrons. The second kappa shape index (κ2) is 13.4. The van der Waals surface area contributed by atoms with Crippen molar-refractivity contribution in [3.05, 3.63) is 90.0 Å². The molecule has 0 aliphatic rings. The van der Waals surface area contributed by atoms with Crippen LogP contribution in [0.3, 0.4) is 0 Å². The zero-order chi connectivity index (χ0) is 28.4. The Morgan fingerprint density at radius 1 is 0.872 bits per heavy atom. The van der Waals surface area contributed by atoms with E-state index in [1.165, 1.54) is 6.08 Å². The topological polar surface area (TPSA) is 85.6 Å². The summed E-state index contributed by atoms with van der Waals surface area (Å²) in [5.74, 6) is 0.839. The normalized spacial score (nSPS) is 12.7. The van der Waals surface area contributed by atoms with Crippen LogP contribution in [0, 0.1) is 28.6 Å². The van der Waals surface area contributed by atoms with E-state index >= 15 is 0 Å². The average Bonchev–Trinajstić information content (AvgIpc) is 2.92. The van der Waals surface area contributed by atoms with E-state index in [0.29, 0.717) is 23.0 Å². The summed E-state index contributed by atoms with van der Waals surface area (Å²) >= 11 is 0. The molecule has 39 heavy (non-hydrogen) atoms. The van der Waals surface area contributed by atoms with E-state index in [-0.39, 0.29) is 18.7 Å². The third-order valence-corrected chi connectivity index (χ3v) is 6.70. The predicted octanol–water partition coefficient (Wildman–Crippen LogP) is 7.43. The fourth-order valence-corrected chi connectivity index (χ4v) is 4.16. The van der Waals surface area contributed by atoms with Crippen LogP contribution < -0.4 is 9.47 Å². The lowest BCUT2D eigenvalue weighted by Crippen LogP contribution is -2.37. The van der Waals surface area contributed by atoms with Crippen molar-refractivity contribution in [1.82, 2.24) is 0 Å². The first-order valence-corrected chi connectivity index (χ1v) is 13.0. The molecule has 3 aromatic rings. The quantitative estimate of drug-likeness (QED) is 0.112. The molecule has 0 aromatic heterocycles. The molecular formula is C33H35NO5. The summed E-state index contributed by atoms with van der Waals surface area (Å²) in [4.78, 5) is 24.9. The molecule has 6 heteroatoms. The third kappa shape index (κ3) is 8.31. The molecule has 0 heterocycles. The molecule has 0 amide bonds. The molecule has 0 fully saturated rings. The lowest BCUT2D eigenvalue weighted by Gasteiger charge is -2.32. The standard InChI is InChI=1S/C33H35NO5/c1-23(2)20-33(5,24(3)4)32(36)38-22-37-29-15-11-27(12-16-29)28-13-17-30(18-14-28)39-31(35)19-10-25-6-8-26(21-34)9-7-25/h6-19,23-24H,20,22H2,1-5H3. The van der Waals surface area contributed by atoms with Gasteiger partial charge in [-0.2, -0.15) is 5.26 Å². The van der Waals surface area contributed by atoms with Gasteiger partial charge < -0.3 is 14.2 Å². The SMILES string of the molecule is CC(C)CC(C)(C(=O)OCOc1ccc(-c2ccc(OC(=O)C=Cc3ccc(C#N)cc3)cc2)cc1)C(C)C. The van der Waals surface area contributed by atoms with Crippen LogP contribution in [0.4, 0.5) is 0 Å². The van der Waals surface area contributed by atoms with Gasteiger partial charge in [0.2, 0.25) is 6.79 Å². The van der Waals surface area contributed by atoms with Crippen LogP contribution in [0.25, 0.3) is 17.2 Å². The van der Waals surface area contributed by atoms with Gasteiger partial charge in [-0.15, -0.1) is 0 Å². The molecule has 0 saturated carbocycles. The molecule has 0 radical (unpaired) electrons. The molecule has 1 unspecified atom stereocenters. The van der Waals surface area contributed by atoms with Crippen LogP contribution >= 0.6 is 0 Å². The smallest absolute Gasteiger partial charge is 0.336 e. The lowest BCUT2D eigenvalue weighted by molar-refractivity contribution is -0.165. The van der Waals surface area contributed by atoms with Gasteiger partial charge in [-0.25, -0.2) is 4.79 Å². The Kier molecular flexibility index (Phi) is 10.1. The van der Waals surface area contributed by atoms with E-state index < -0.39 is 11.4 Å². The van der Waals surface area contributed by atoms with Crippen molar-refractivity contribution in [2.45, 2.75) is 41.0 Å². The summed E-state index contributed by atoms with van der Waals surface area (Å²) in [7, 11) is 0. The zero-order valence-electron chi connectivity index (χ0n) is 23.1. The van der Waals surface area contributed by atoms with Crippen molar-refractivity contribution >= 4 is 18.0 Å². The summed E-state index contributed by atoms with van der Waals surface area (Å²) < 4.78 is 16.5. The third-order valence-electron chi connectivity index (χ3n) is 6.70. The maximum absolute atomic E-state index is 12.7. The van der Waals surface area contributed by atoms with Crippen LogP contribution in [-0.2, 0) is 14.3 Å². The summed E-state index contributed by atoms with van der Waals surface area (Å²) in [6.45, 7) is 10.1. The molecule has 0 aliphatic carbocycles. The number of nitriles is 1. The molecule has 6 nitrogen and oxygen atoms in total. The average molecular weight is 526 g/mol. The van der Waals surface area contributed by atoms with Crippen LogP contribution in [0.15, 0.2) is 78.9 Å². The Morgan fingerprint density at radius 2 is 1.44 bits per heavy atom. The molecule has 3 aromatic carbocycles. The second-order valence-electron chi connectivity index (χ2n) is 10.4. The van der Waals surface area contributed by atoms with E-state index in [0.717, 1.165) is 23.1 Å². The molecule has 0 saturated heterocycles. The van der Waals surface area contributed by atoms with Crippen molar-refractivity contribution in [2.24, 2.45) is 17.3 Å². The number of carbonyl (C=O) groups excluding carboxylic acids is 2. The Bertz CT molecular complexity index is 1320. The van der Waals surface area contributed by atoms with Gasteiger partial charge in [0, 0.05) is 6.08 Å². The van der Waals surface area contributed by atoms with Gasteiger partial charge in [-0.3, -0.25) is 4.79 Å². The summed E-state index contributed by atoms with van der Waals surface area (Å²) in [5.41, 5.74) is 2.71. The van der Waals surface area contributed by atoms with E-state index in [2.05, 4.69) is 19.9 Å². The maximum atomic E-state index is 12.7. The minimum absolute atomic E-state index is 0.141. The largest absolute Gasteiger partial charge is 0.457 e. The highest BCUT2D eigenvalue weighted by Gasteiger charge is 2.38. The van der Waals surface area contributed by atoms with Crippen molar-refractivity contribution in [1.29, 1.82) is 5.26 Å². The molecule has 0 aliphatic heterocycles. The first-order chi connectivity index (χ1) is 18.6. The minimum atomic E-state index is -0.552. The van der Waals surface area contributed by atoms with Crippen LogP contribution in [0.5, 0.6) is 11.5 Å². The van der Waals surface area contributed by atoms with Gasteiger partial charge in [-0.1, -0.05) is 64.1 Å². The zero-order valence-corrected chi connectivity index (χ0v) is 23.1. The van der Waals surface area contributed by atoms with Crippen molar-refractivity contribution in [2.75, 3.05) is 6.79 Å². The molecule has 3 rings (SSSR count). The van der Waals surface area contributed by atoms with E-state index in [1.807, 2.05) is 57.2 Å². The predicted molar refractivity (Wildman–Crippen MR) is 152 cm³/mol. The number of rotatable bonds is 11. The van der Waals surface area contributed by atoms with Crippen LogP contribution in [-0.4, -0.2) is 18.7 Å². The fraction of sp³-hybridized carbons (Fsp3) is 0.303. The number of esters is 2. The van der Waals surface area contributed by atoms with Gasteiger partial charge in [0.1, 0.15) is 11.5 Å².